The number of guanidine groups is 1. The van der Waals surface area contributed by atoms with E-state index in [1.165, 1.54) is 24.5 Å². The number of pyridine rings is 1. The van der Waals surface area contributed by atoms with Gasteiger partial charge in [0.05, 0.1) is 11.6 Å². The van der Waals surface area contributed by atoms with Crippen LogP contribution in [-0.2, 0) is 9.53 Å². The van der Waals surface area contributed by atoms with E-state index in [0.717, 1.165) is 0 Å². The molecule has 0 fully saturated rings. The molecular formula is C17H22F5N5O3. The number of nitrogens with one attached hydrogen (secondary N) is 1. The van der Waals surface area contributed by atoms with Crippen molar-refractivity contribution in [2.45, 2.75) is 44.0 Å². The average molecular weight is 439 g/mol. The molecule has 168 valence electrons. The van der Waals surface area contributed by atoms with Crippen LogP contribution < -0.4 is 16.8 Å². The number of rotatable bonds is 11. The summed E-state index contributed by atoms with van der Waals surface area (Å²) in [5.74, 6) is -6.22. The van der Waals surface area contributed by atoms with Crippen molar-refractivity contribution < 1.29 is 36.3 Å². The fraction of sp³-hybridized carbons (Fsp3) is 0.529. The Hall–Kier alpha value is -2.83. The van der Waals surface area contributed by atoms with Gasteiger partial charge in [0.1, 0.15) is 6.61 Å². The van der Waals surface area contributed by atoms with E-state index in [0.29, 0.717) is 0 Å². The molecule has 0 aliphatic rings. The van der Waals surface area contributed by atoms with Gasteiger partial charge in [0.2, 0.25) is 6.10 Å². The van der Waals surface area contributed by atoms with Crippen molar-refractivity contribution in [1.82, 2.24) is 10.3 Å². The molecule has 5 N–H and O–H groups in total. The van der Waals surface area contributed by atoms with E-state index in [1.807, 2.05) is 0 Å². The minimum Gasteiger partial charge on any atom is -0.370 e. The molecule has 0 radical (unpaired) electrons. The van der Waals surface area contributed by atoms with E-state index < -0.39 is 42.5 Å². The van der Waals surface area contributed by atoms with Gasteiger partial charge in [-0.3, -0.25) is 19.6 Å². The molecule has 0 spiro atoms. The summed E-state index contributed by atoms with van der Waals surface area (Å²) in [4.78, 5) is 32.0. The number of aliphatic imine (C=N–C) groups is 1. The Balaban J connectivity index is 2.87. The van der Waals surface area contributed by atoms with Crippen molar-refractivity contribution in [1.29, 1.82) is 0 Å². The molecule has 13 heteroatoms. The SMILES string of the molecule is CC(F)(F)C(OCC(=O)[C@H](CCCN=C(N)N)NC(=O)c1cccnc1)C(F)(F)F. The van der Waals surface area contributed by atoms with E-state index in [1.54, 1.807) is 0 Å². The third-order valence-corrected chi connectivity index (χ3v) is 3.71. The van der Waals surface area contributed by atoms with Gasteiger partial charge in [-0.05, 0) is 25.0 Å². The predicted molar refractivity (Wildman–Crippen MR) is 96.8 cm³/mol. The molecular weight excluding hydrogens is 417 g/mol. The second-order valence-corrected chi connectivity index (χ2v) is 6.37. The lowest BCUT2D eigenvalue weighted by atomic mass is 10.1. The Morgan fingerprint density at radius 3 is 2.43 bits per heavy atom. The molecule has 1 rings (SSSR count). The van der Waals surface area contributed by atoms with Gasteiger partial charge in [-0.15, -0.1) is 0 Å². The highest BCUT2D eigenvalue weighted by molar-refractivity contribution is 5.97. The standard InChI is InChI=1S/C17H22F5N5O3/c1-16(18,19)14(17(20,21)22)30-9-12(28)11(5-3-7-26-15(23)24)27-13(29)10-4-2-6-25-8-10/h2,4,6,8,11,14H,3,5,7,9H2,1H3,(H,27,29)(H4,23,24,26)/t11-,14?/m0/s1. The first-order valence-corrected chi connectivity index (χ1v) is 8.67. The number of hydrogen-bond acceptors (Lipinski definition) is 5. The maximum atomic E-state index is 13.2. The van der Waals surface area contributed by atoms with E-state index in [4.69, 9.17) is 11.5 Å². The van der Waals surface area contributed by atoms with Crippen molar-refractivity contribution in [3.05, 3.63) is 30.1 Å². The van der Waals surface area contributed by atoms with E-state index in [9.17, 15) is 31.5 Å². The number of carbonyl (C=O) groups excluding carboxylic acids is 2. The number of nitrogens with two attached hydrogens (primary N) is 2. The number of hydrogen-bond donors (Lipinski definition) is 3. The lowest BCUT2D eigenvalue weighted by Gasteiger charge is -2.26. The molecule has 1 amide bonds. The van der Waals surface area contributed by atoms with Crippen LogP contribution in [0, 0.1) is 0 Å². The van der Waals surface area contributed by atoms with Gasteiger partial charge in [0, 0.05) is 25.9 Å². The number of nitrogens with zero attached hydrogens (tertiary/aromatic N) is 2. The van der Waals surface area contributed by atoms with Crippen LogP contribution in [0.25, 0.3) is 0 Å². The average Bonchev–Trinajstić information content (AvgIpc) is 2.62. The van der Waals surface area contributed by atoms with Gasteiger partial charge in [0.25, 0.3) is 11.8 Å². The molecule has 1 heterocycles. The van der Waals surface area contributed by atoms with Gasteiger partial charge >= 0.3 is 6.18 Å². The normalized spacial score (nSPS) is 13.9. The summed E-state index contributed by atoms with van der Waals surface area (Å²) in [6.07, 6.45) is -6.13. The zero-order valence-electron chi connectivity index (χ0n) is 16.0. The number of ether oxygens (including phenoxy) is 1. The van der Waals surface area contributed by atoms with E-state index in [-0.39, 0.29) is 37.8 Å². The zero-order valence-corrected chi connectivity index (χ0v) is 16.0. The van der Waals surface area contributed by atoms with Gasteiger partial charge in [-0.25, -0.2) is 8.78 Å². The summed E-state index contributed by atoms with van der Waals surface area (Å²) in [5, 5.41) is 2.33. The number of alkyl halides is 5. The van der Waals surface area contributed by atoms with E-state index >= 15 is 0 Å². The predicted octanol–water partition coefficient (Wildman–Crippen LogP) is 1.41. The molecule has 0 bridgehead atoms. The number of Topliss-reactive ketones (excluding diaryl/α,β-unsaturated/α-hetero) is 1. The summed E-state index contributed by atoms with van der Waals surface area (Å²) < 4.78 is 69.0. The van der Waals surface area contributed by atoms with Gasteiger partial charge in [0.15, 0.2) is 11.7 Å². The Labute approximate surface area is 168 Å². The Kier molecular flexibility index (Phi) is 9.08. The van der Waals surface area contributed by atoms with Crippen LogP contribution in [0.1, 0.15) is 30.1 Å². The van der Waals surface area contributed by atoms with Gasteiger partial charge in [-0.2, -0.15) is 13.2 Å². The Morgan fingerprint density at radius 2 is 1.93 bits per heavy atom. The maximum Gasteiger partial charge on any atom is 0.420 e. The van der Waals surface area contributed by atoms with Crippen LogP contribution in [0.3, 0.4) is 0 Å². The second kappa shape index (κ2) is 10.8. The molecule has 30 heavy (non-hydrogen) atoms. The lowest BCUT2D eigenvalue weighted by Crippen LogP contribution is -2.48. The van der Waals surface area contributed by atoms with Crippen molar-refractivity contribution in [2.75, 3.05) is 13.2 Å². The van der Waals surface area contributed by atoms with Crippen LogP contribution in [0.5, 0.6) is 0 Å². The molecule has 0 aromatic carbocycles. The molecule has 0 saturated heterocycles. The molecule has 2 atom stereocenters. The fourth-order valence-electron chi connectivity index (χ4n) is 2.35. The number of ketones is 1. The fourth-order valence-corrected chi connectivity index (χ4v) is 2.35. The van der Waals surface area contributed by atoms with Crippen molar-refractivity contribution in [3.8, 4) is 0 Å². The smallest absolute Gasteiger partial charge is 0.370 e. The number of halogens is 5. The van der Waals surface area contributed by atoms with E-state index in [2.05, 4.69) is 20.0 Å². The Morgan fingerprint density at radius 1 is 1.27 bits per heavy atom. The minimum atomic E-state index is -5.39. The largest absolute Gasteiger partial charge is 0.420 e. The van der Waals surface area contributed by atoms with Crippen LogP contribution in [0.15, 0.2) is 29.5 Å². The zero-order chi connectivity index (χ0) is 22.9. The van der Waals surface area contributed by atoms with Crippen molar-refractivity contribution in [3.63, 3.8) is 0 Å². The highest BCUT2D eigenvalue weighted by atomic mass is 19.4. The maximum absolute atomic E-state index is 13.2. The van der Waals surface area contributed by atoms with Crippen LogP contribution in [0.4, 0.5) is 22.0 Å². The molecule has 8 nitrogen and oxygen atoms in total. The summed E-state index contributed by atoms with van der Waals surface area (Å²) in [6, 6.07) is 1.55. The third kappa shape index (κ3) is 8.68. The highest BCUT2D eigenvalue weighted by Crippen LogP contribution is 2.34. The Bertz CT molecular complexity index is 720. The van der Waals surface area contributed by atoms with Crippen molar-refractivity contribution >= 4 is 17.6 Å². The molecule has 1 aromatic heterocycles. The molecule has 0 aliphatic carbocycles. The van der Waals surface area contributed by atoms with Crippen LogP contribution in [0.2, 0.25) is 0 Å². The second-order valence-electron chi connectivity index (χ2n) is 6.37. The quantitative estimate of drug-likeness (QED) is 0.207. The molecule has 0 aliphatic heterocycles. The monoisotopic (exact) mass is 439 g/mol. The number of aromatic nitrogens is 1. The summed E-state index contributed by atoms with van der Waals surface area (Å²) >= 11 is 0. The summed E-state index contributed by atoms with van der Waals surface area (Å²) in [7, 11) is 0. The molecule has 0 saturated carbocycles. The minimum absolute atomic E-state index is 0.0342. The summed E-state index contributed by atoms with van der Waals surface area (Å²) in [5.41, 5.74) is 10.4. The highest BCUT2D eigenvalue weighted by Gasteiger charge is 2.54. The third-order valence-electron chi connectivity index (χ3n) is 3.71. The van der Waals surface area contributed by atoms with Gasteiger partial charge in [-0.1, -0.05) is 0 Å². The first-order chi connectivity index (χ1) is 13.8. The molecule has 1 unspecified atom stereocenters. The van der Waals surface area contributed by atoms with Crippen molar-refractivity contribution in [2.24, 2.45) is 16.5 Å². The van der Waals surface area contributed by atoms with Crippen LogP contribution >= 0.6 is 0 Å². The molecule has 1 aromatic rings. The summed E-state index contributed by atoms with van der Waals surface area (Å²) in [6.45, 7) is -1.17. The number of amides is 1. The first kappa shape index (κ1) is 25.2. The van der Waals surface area contributed by atoms with Gasteiger partial charge < -0.3 is 21.5 Å². The lowest BCUT2D eigenvalue weighted by molar-refractivity contribution is -0.278. The topological polar surface area (TPSA) is 133 Å². The number of carbonyl (C=O) groups is 2. The first-order valence-electron chi connectivity index (χ1n) is 8.67. The van der Waals surface area contributed by atoms with Crippen LogP contribution in [-0.4, -0.2) is 60.0 Å².